The summed E-state index contributed by atoms with van der Waals surface area (Å²) in [7, 11) is 0. The Morgan fingerprint density at radius 1 is 1.09 bits per heavy atom. The number of anilines is 1. The third-order valence-corrected chi connectivity index (χ3v) is 3.52. The molecule has 6 nitrogen and oxygen atoms in total. The molecule has 0 aliphatic rings. The van der Waals surface area contributed by atoms with Gasteiger partial charge >= 0.3 is 0 Å². The van der Waals surface area contributed by atoms with Crippen LogP contribution in [0.3, 0.4) is 0 Å². The number of non-ortho nitro benzene ring substituents is 1. The van der Waals surface area contributed by atoms with Crippen molar-refractivity contribution >= 4 is 35.5 Å². The van der Waals surface area contributed by atoms with Crippen molar-refractivity contribution in [1.29, 1.82) is 0 Å². The molecule has 0 aliphatic heterocycles. The molecule has 8 heteroatoms. The molecule has 3 rings (SSSR count). The first kappa shape index (κ1) is 16.8. The number of aromatic nitrogens is 2. The lowest BCUT2D eigenvalue weighted by Gasteiger charge is -2.05. The van der Waals surface area contributed by atoms with Gasteiger partial charge in [0.25, 0.3) is 5.69 Å². The predicted molar refractivity (Wildman–Crippen MR) is 92.3 cm³/mol. The quantitative estimate of drug-likeness (QED) is 0.568. The van der Waals surface area contributed by atoms with Crippen LogP contribution < -0.4 is 5.73 Å². The Bertz CT molecular complexity index is 830. The van der Waals surface area contributed by atoms with E-state index in [1.165, 1.54) is 16.8 Å². The van der Waals surface area contributed by atoms with Crippen LogP contribution >= 0.6 is 24.0 Å². The van der Waals surface area contributed by atoms with Gasteiger partial charge in [0, 0.05) is 22.7 Å². The second-order valence-electron chi connectivity index (χ2n) is 4.64. The van der Waals surface area contributed by atoms with E-state index in [-0.39, 0.29) is 18.1 Å². The van der Waals surface area contributed by atoms with Gasteiger partial charge in [-0.05, 0) is 29.8 Å². The third-order valence-electron chi connectivity index (χ3n) is 3.27. The molecule has 0 bridgehead atoms. The minimum absolute atomic E-state index is 0. The largest absolute Gasteiger partial charge is 0.383 e. The summed E-state index contributed by atoms with van der Waals surface area (Å²) < 4.78 is 1.54. The molecule has 3 aromatic rings. The summed E-state index contributed by atoms with van der Waals surface area (Å²) in [4.78, 5) is 10.2. The maximum atomic E-state index is 10.7. The van der Waals surface area contributed by atoms with Crippen LogP contribution in [0.15, 0.2) is 54.7 Å². The molecule has 0 atom stereocenters. The van der Waals surface area contributed by atoms with E-state index in [2.05, 4.69) is 5.10 Å². The van der Waals surface area contributed by atoms with Crippen molar-refractivity contribution < 1.29 is 4.92 Å². The molecular formula is C15H12Cl2N4O2. The second kappa shape index (κ2) is 6.68. The lowest BCUT2D eigenvalue weighted by Crippen LogP contribution is -2.02. The minimum Gasteiger partial charge on any atom is -0.383 e. The van der Waals surface area contributed by atoms with Crippen molar-refractivity contribution in [2.45, 2.75) is 0 Å². The topological polar surface area (TPSA) is 87.0 Å². The van der Waals surface area contributed by atoms with E-state index in [1.807, 2.05) is 12.1 Å². The van der Waals surface area contributed by atoms with Crippen LogP contribution in [0.1, 0.15) is 0 Å². The predicted octanol–water partition coefficient (Wildman–Crippen LogP) is 4.10. The van der Waals surface area contributed by atoms with E-state index in [9.17, 15) is 10.1 Å². The van der Waals surface area contributed by atoms with E-state index in [1.54, 1.807) is 30.5 Å². The number of nitro benzene ring substituents is 1. The molecule has 0 saturated carbocycles. The molecule has 0 radical (unpaired) electrons. The number of hydrogen-bond donors (Lipinski definition) is 1. The number of benzene rings is 2. The molecule has 118 valence electrons. The lowest BCUT2D eigenvalue weighted by molar-refractivity contribution is -0.384. The zero-order valence-electron chi connectivity index (χ0n) is 11.7. The van der Waals surface area contributed by atoms with Crippen LogP contribution in [0.5, 0.6) is 0 Å². The van der Waals surface area contributed by atoms with Crippen LogP contribution in [-0.2, 0) is 0 Å². The summed E-state index contributed by atoms with van der Waals surface area (Å²) in [6.07, 6.45) is 1.65. The molecule has 2 N–H and O–H groups in total. The monoisotopic (exact) mass is 350 g/mol. The Hall–Kier alpha value is -2.57. The Morgan fingerprint density at radius 2 is 1.70 bits per heavy atom. The molecule has 0 fully saturated rings. The molecule has 23 heavy (non-hydrogen) atoms. The fraction of sp³-hybridized carbons (Fsp3) is 0. The third kappa shape index (κ3) is 3.28. The van der Waals surface area contributed by atoms with Crippen LogP contribution in [0, 0.1) is 10.1 Å². The van der Waals surface area contributed by atoms with E-state index < -0.39 is 4.92 Å². The lowest BCUT2D eigenvalue weighted by atomic mass is 10.1. The summed E-state index contributed by atoms with van der Waals surface area (Å²) in [5, 5.41) is 15.6. The fourth-order valence-corrected chi connectivity index (χ4v) is 2.26. The van der Waals surface area contributed by atoms with Gasteiger partial charge in [-0.1, -0.05) is 23.7 Å². The molecule has 0 amide bonds. The number of rotatable bonds is 3. The van der Waals surface area contributed by atoms with Crippen LogP contribution in [0.4, 0.5) is 11.5 Å². The summed E-state index contributed by atoms with van der Waals surface area (Å²) in [5.74, 6) is 0.455. The number of nitrogen functional groups attached to an aromatic ring is 1. The van der Waals surface area contributed by atoms with E-state index >= 15 is 0 Å². The zero-order valence-corrected chi connectivity index (χ0v) is 13.3. The summed E-state index contributed by atoms with van der Waals surface area (Å²) in [6.45, 7) is 0. The number of halogens is 2. The highest BCUT2D eigenvalue weighted by Crippen LogP contribution is 2.29. The van der Waals surface area contributed by atoms with Gasteiger partial charge in [-0.3, -0.25) is 10.1 Å². The molecule has 0 aliphatic carbocycles. The maximum absolute atomic E-state index is 10.7. The molecule has 2 aromatic carbocycles. The fourth-order valence-electron chi connectivity index (χ4n) is 2.13. The van der Waals surface area contributed by atoms with Crippen LogP contribution in [0.25, 0.3) is 16.8 Å². The van der Waals surface area contributed by atoms with Crippen molar-refractivity contribution in [3.05, 3.63) is 69.9 Å². The van der Waals surface area contributed by atoms with Gasteiger partial charge < -0.3 is 5.73 Å². The number of nitrogens with zero attached hydrogens (tertiary/aromatic N) is 3. The first-order valence-electron chi connectivity index (χ1n) is 6.40. The van der Waals surface area contributed by atoms with Gasteiger partial charge in [-0.2, -0.15) is 5.10 Å². The SMILES string of the molecule is Cl.Nc1c(-c2ccc(Cl)cc2)cnn1-c1ccc([N+](=O)[O-])cc1. The Morgan fingerprint density at radius 3 is 2.26 bits per heavy atom. The summed E-state index contributed by atoms with van der Waals surface area (Å²) in [5.41, 5.74) is 8.48. The van der Waals surface area contributed by atoms with Crippen LogP contribution in [-0.4, -0.2) is 14.7 Å². The highest BCUT2D eigenvalue weighted by atomic mass is 35.5. The molecule has 0 spiro atoms. The van der Waals surface area contributed by atoms with Gasteiger partial charge in [-0.15, -0.1) is 12.4 Å². The second-order valence-corrected chi connectivity index (χ2v) is 5.07. The molecule has 1 heterocycles. The Kier molecular flexibility index (Phi) is 4.88. The maximum Gasteiger partial charge on any atom is 0.269 e. The minimum atomic E-state index is -0.449. The van der Waals surface area contributed by atoms with Gasteiger partial charge in [0.1, 0.15) is 5.82 Å². The molecule has 0 saturated heterocycles. The normalized spacial score (nSPS) is 10.1. The number of nitro groups is 1. The van der Waals surface area contributed by atoms with Gasteiger partial charge in [0.2, 0.25) is 0 Å². The average molecular weight is 351 g/mol. The number of nitrogens with two attached hydrogens (primary N) is 1. The van der Waals surface area contributed by atoms with Crippen molar-refractivity contribution in [2.24, 2.45) is 0 Å². The molecule has 0 unspecified atom stereocenters. The highest BCUT2D eigenvalue weighted by Gasteiger charge is 2.12. The van der Waals surface area contributed by atoms with E-state index in [0.29, 0.717) is 16.5 Å². The summed E-state index contributed by atoms with van der Waals surface area (Å²) >= 11 is 5.87. The first-order chi connectivity index (χ1) is 10.6. The van der Waals surface area contributed by atoms with Gasteiger partial charge in [-0.25, -0.2) is 4.68 Å². The number of hydrogen-bond acceptors (Lipinski definition) is 4. The van der Waals surface area contributed by atoms with Crippen molar-refractivity contribution in [3.63, 3.8) is 0 Å². The van der Waals surface area contributed by atoms with E-state index in [0.717, 1.165) is 11.1 Å². The van der Waals surface area contributed by atoms with E-state index in [4.69, 9.17) is 17.3 Å². The summed E-state index contributed by atoms with van der Waals surface area (Å²) in [6, 6.07) is 13.3. The molecular weight excluding hydrogens is 339 g/mol. The zero-order chi connectivity index (χ0) is 15.7. The first-order valence-corrected chi connectivity index (χ1v) is 6.78. The highest BCUT2D eigenvalue weighted by molar-refractivity contribution is 6.30. The van der Waals surface area contributed by atoms with Crippen LogP contribution in [0.2, 0.25) is 5.02 Å². The standard InChI is InChI=1S/C15H11ClN4O2.ClH/c16-11-3-1-10(2-4-11)14-9-18-19(15(14)17)12-5-7-13(8-6-12)20(21)22;/h1-9H,17H2;1H. The van der Waals surface area contributed by atoms with Gasteiger partial charge in [0.05, 0.1) is 16.8 Å². The van der Waals surface area contributed by atoms with Gasteiger partial charge in [0.15, 0.2) is 0 Å². The van der Waals surface area contributed by atoms with Crippen molar-refractivity contribution in [3.8, 4) is 16.8 Å². The van der Waals surface area contributed by atoms with Crippen molar-refractivity contribution in [2.75, 3.05) is 5.73 Å². The smallest absolute Gasteiger partial charge is 0.269 e. The Labute approximate surface area is 143 Å². The average Bonchev–Trinajstić information content (AvgIpc) is 2.90. The van der Waals surface area contributed by atoms with Crippen molar-refractivity contribution in [1.82, 2.24) is 9.78 Å². The molecule has 1 aromatic heterocycles. The Balaban J connectivity index is 0.00000192.